The number of nitrogens with zero attached hydrogens (tertiary/aromatic N) is 3. The third-order valence-corrected chi connectivity index (χ3v) is 10.7. The molecule has 2 amide bonds. The topological polar surface area (TPSA) is 185 Å². The van der Waals surface area contributed by atoms with E-state index in [-0.39, 0.29) is 53.0 Å². The normalized spacial score (nSPS) is 30.3. The van der Waals surface area contributed by atoms with E-state index in [0.29, 0.717) is 25.9 Å². The number of hydrogen-bond donors (Lipinski definition) is 5. The molecule has 0 aromatic heterocycles. The van der Waals surface area contributed by atoms with Gasteiger partial charge in [0, 0.05) is 42.8 Å². The standard InChI is InChI=1S/C31H37FN4O8/c1-34(2)23-17-11-14-10-16-20(24(38)19(14)26(40)31(17,44)27(41)21(25(23)39)28(33)42)18(37)12-15(22(16)32)13-36-8-5-30(6-9-36)4-7-35(3)29(30)43/h12,14,17,23,37-38,41,44H,4-11,13H2,1-3H3,(H2,33,42)/t14-,17-,23-,31-/m0/s1. The van der Waals surface area contributed by atoms with Crippen LogP contribution in [0, 0.1) is 23.1 Å². The number of hydrogen-bond acceptors (Lipinski definition) is 10. The van der Waals surface area contributed by atoms with Crippen LogP contribution in [0.2, 0.25) is 0 Å². The van der Waals surface area contributed by atoms with Crippen molar-refractivity contribution in [2.75, 3.05) is 40.8 Å². The molecule has 1 saturated carbocycles. The van der Waals surface area contributed by atoms with Gasteiger partial charge in [-0.1, -0.05) is 0 Å². The fourth-order valence-corrected chi connectivity index (χ4v) is 8.30. The van der Waals surface area contributed by atoms with Gasteiger partial charge in [-0.3, -0.25) is 29.0 Å². The zero-order chi connectivity index (χ0) is 32.0. The summed E-state index contributed by atoms with van der Waals surface area (Å²) in [5.41, 5.74) is 0.928. The monoisotopic (exact) mass is 612 g/mol. The molecule has 0 bridgehead atoms. The van der Waals surface area contributed by atoms with Crippen LogP contribution in [-0.2, 0) is 32.1 Å². The average Bonchev–Trinajstić information content (AvgIpc) is 3.22. The molecule has 13 heteroatoms. The van der Waals surface area contributed by atoms with Crippen LogP contribution in [0.15, 0.2) is 23.0 Å². The number of fused-ring (bicyclic) bond motifs is 3. The Morgan fingerprint density at radius 1 is 1.11 bits per heavy atom. The number of phenolic OH excluding ortho intramolecular Hbond substituents is 1. The van der Waals surface area contributed by atoms with E-state index in [1.807, 2.05) is 4.90 Å². The van der Waals surface area contributed by atoms with Crippen molar-refractivity contribution >= 4 is 29.1 Å². The third-order valence-electron chi connectivity index (χ3n) is 10.7. The molecule has 4 atom stereocenters. The van der Waals surface area contributed by atoms with Crippen LogP contribution in [0.5, 0.6) is 5.75 Å². The zero-order valence-corrected chi connectivity index (χ0v) is 24.9. The van der Waals surface area contributed by atoms with Crippen LogP contribution >= 0.6 is 0 Å². The lowest BCUT2D eigenvalue weighted by Gasteiger charge is -2.50. The predicted octanol–water partition coefficient (Wildman–Crippen LogP) is 0.547. The van der Waals surface area contributed by atoms with E-state index in [4.69, 9.17) is 5.73 Å². The van der Waals surface area contributed by atoms with Gasteiger partial charge in [0.2, 0.25) is 11.7 Å². The summed E-state index contributed by atoms with van der Waals surface area (Å²) in [6.45, 7) is 2.04. The number of likely N-dealkylation sites (tertiary alicyclic amines) is 2. The Balaban J connectivity index is 1.35. The van der Waals surface area contributed by atoms with Crippen molar-refractivity contribution in [2.45, 2.75) is 50.3 Å². The van der Waals surface area contributed by atoms with Crippen molar-refractivity contribution in [1.82, 2.24) is 14.7 Å². The number of carbonyl (C=O) groups excluding carboxylic acids is 4. The lowest BCUT2D eigenvalue weighted by Crippen LogP contribution is -2.65. The van der Waals surface area contributed by atoms with Crippen molar-refractivity contribution in [3.63, 3.8) is 0 Å². The van der Waals surface area contributed by atoms with Gasteiger partial charge in [-0.25, -0.2) is 4.39 Å². The van der Waals surface area contributed by atoms with Crippen LogP contribution in [0.4, 0.5) is 4.39 Å². The quantitative estimate of drug-likeness (QED) is 0.301. The van der Waals surface area contributed by atoms with Gasteiger partial charge in [-0.15, -0.1) is 0 Å². The maximum atomic E-state index is 16.2. The lowest BCUT2D eigenvalue weighted by atomic mass is 9.57. The van der Waals surface area contributed by atoms with Gasteiger partial charge >= 0.3 is 0 Å². The van der Waals surface area contributed by atoms with Gasteiger partial charge in [0.25, 0.3) is 5.91 Å². The molecule has 2 heterocycles. The molecule has 1 aromatic carbocycles. The fraction of sp³-hybridized carbons (Fsp3) is 0.548. The number of likely N-dealkylation sites (N-methyl/N-ethyl adjacent to an activating group) is 1. The summed E-state index contributed by atoms with van der Waals surface area (Å²) < 4.78 is 16.2. The molecule has 236 valence electrons. The fourth-order valence-electron chi connectivity index (χ4n) is 8.30. The summed E-state index contributed by atoms with van der Waals surface area (Å²) in [4.78, 5) is 57.2. The number of carbonyl (C=O) groups is 4. The minimum Gasteiger partial charge on any atom is -0.508 e. The van der Waals surface area contributed by atoms with Gasteiger partial charge in [-0.2, -0.15) is 0 Å². The average molecular weight is 613 g/mol. The van der Waals surface area contributed by atoms with E-state index >= 15 is 4.39 Å². The number of aliphatic hydroxyl groups is 3. The Morgan fingerprint density at radius 3 is 2.32 bits per heavy atom. The highest BCUT2D eigenvalue weighted by molar-refractivity contribution is 6.24. The number of amides is 2. The summed E-state index contributed by atoms with van der Waals surface area (Å²) in [6, 6.07) is -0.00948. The summed E-state index contributed by atoms with van der Waals surface area (Å²) in [5, 5.41) is 44.9. The minimum absolute atomic E-state index is 0.00620. The second-order valence-electron chi connectivity index (χ2n) is 13.2. The maximum Gasteiger partial charge on any atom is 0.255 e. The number of phenols is 1. The SMILES string of the molecule is CN1CCC2(CCN(Cc3cc(O)c4c(c3F)C[C@H]3C[C@H]5[C@H](N(C)C)C(=O)C(C(N)=O)=C(O)[C@@]5(O)C(=O)C3=C4O)CC2)C1=O. The summed E-state index contributed by atoms with van der Waals surface area (Å²) in [7, 11) is 4.83. The summed E-state index contributed by atoms with van der Waals surface area (Å²) in [5.74, 6) is -8.25. The van der Waals surface area contributed by atoms with Crippen molar-refractivity contribution in [2.24, 2.45) is 23.0 Å². The number of ketones is 2. The Morgan fingerprint density at radius 2 is 1.75 bits per heavy atom. The highest BCUT2D eigenvalue weighted by atomic mass is 19.1. The van der Waals surface area contributed by atoms with Gasteiger partial charge in [0.15, 0.2) is 11.4 Å². The molecule has 3 aliphatic carbocycles. The van der Waals surface area contributed by atoms with E-state index in [1.165, 1.54) is 25.1 Å². The van der Waals surface area contributed by atoms with E-state index in [1.54, 1.807) is 11.9 Å². The van der Waals surface area contributed by atoms with E-state index in [0.717, 1.165) is 13.0 Å². The van der Waals surface area contributed by atoms with Crippen LogP contribution < -0.4 is 5.73 Å². The number of rotatable bonds is 4. The summed E-state index contributed by atoms with van der Waals surface area (Å²) >= 11 is 0. The number of nitrogens with two attached hydrogens (primary N) is 1. The van der Waals surface area contributed by atoms with Crippen molar-refractivity contribution < 1.29 is 44.0 Å². The smallest absolute Gasteiger partial charge is 0.255 e. The molecular formula is C31H37FN4O8. The molecule has 0 radical (unpaired) electrons. The van der Waals surface area contributed by atoms with Crippen LogP contribution in [0.3, 0.4) is 0 Å². The second-order valence-corrected chi connectivity index (χ2v) is 13.2. The molecule has 1 spiro atoms. The Hall–Kier alpha value is -3.81. The molecule has 44 heavy (non-hydrogen) atoms. The van der Waals surface area contributed by atoms with E-state index in [9.17, 15) is 39.6 Å². The minimum atomic E-state index is -2.75. The van der Waals surface area contributed by atoms with Crippen LogP contribution in [0.1, 0.15) is 42.4 Å². The lowest BCUT2D eigenvalue weighted by molar-refractivity contribution is -0.153. The number of primary amides is 1. The third kappa shape index (κ3) is 4.05. The maximum absolute atomic E-state index is 16.2. The van der Waals surface area contributed by atoms with Gasteiger partial charge in [0.05, 0.1) is 17.0 Å². The van der Waals surface area contributed by atoms with Crippen LogP contribution in [-0.4, -0.2) is 111 Å². The second kappa shape index (κ2) is 10.1. The van der Waals surface area contributed by atoms with Crippen molar-refractivity contribution in [3.8, 4) is 5.75 Å². The van der Waals surface area contributed by atoms with Gasteiger partial charge in [-0.05, 0) is 71.3 Å². The molecule has 5 aliphatic rings. The first kappa shape index (κ1) is 30.2. The molecule has 2 aliphatic heterocycles. The largest absolute Gasteiger partial charge is 0.508 e. The van der Waals surface area contributed by atoms with E-state index < -0.39 is 69.6 Å². The molecule has 6 N–H and O–H groups in total. The number of piperidine rings is 1. The predicted molar refractivity (Wildman–Crippen MR) is 153 cm³/mol. The highest BCUT2D eigenvalue weighted by Gasteiger charge is 2.64. The number of aromatic hydroxyl groups is 1. The molecular weight excluding hydrogens is 575 g/mol. The Labute approximate surface area is 253 Å². The molecule has 3 fully saturated rings. The summed E-state index contributed by atoms with van der Waals surface area (Å²) in [6.07, 6.45) is 1.87. The Kier molecular flexibility index (Phi) is 6.95. The highest BCUT2D eigenvalue weighted by Crippen LogP contribution is 2.53. The molecule has 2 saturated heterocycles. The van der Waals surface area contributed by atoms with Gasteiger partial charge < -0.3 is 31.1 Å². The molecule has 0 unspecified atom stereocenters. The first-order valence-corrected chi connectivity index (χ1v) is 14.8. The van der Waals surface area contributed by atoms with E-state index in [2.05, 4.69) is 0 Å². The molecule has 12 nitrogen and oxygen atoms in total. The first-order valence-electron chi connectivity index (χ1n) is 14.8. The zero-order valence-electron chi connectivity index (χ0n) is 24.9. The number of benzene rings is 1. The van der Waals surface area contributed by atoms with Crippen molar-refractivity contribution in [1.29, 1.82) is 0 Å². The first-order chi connectivity index (χ1) is 20.6. The van der Waals surface area contributed by atoms with Gasteiger partial charge in [0.1, 0.15) is 28.7 Å². The van der Waals surface area contributed by atoms with Crippen LogP contribution in [0.25, 0.3) is 5.76 Å². The van der Waals surface area contributed by atoms with Crippen molar-refractivity contribution in [3.05, 3.63) is 45.5 Å². The number of aliphatic hydroxyl groups excluding tert-OH is 2. The molecule has 1 aromatic rings. The number of Topliss-reactive ketones (excluding diaryl/α,β-unsaturated/α-hetero) is 2. The molecule has 6 rings (SSSR count). The Bertz CT molecular complexity index is 1580. The number of halogens is 1.